The lowest BCUT2D eigenvalue weighted by Gasteiger charge is -2.15. The van der Waals surface area contributed by atoms with Crippen molar-refractivity contribution in [3.8, 4) is 0 Å². The molecular formula is C17H16N6O2. The van der Waals surface area contributed by atoms with Gasteiger partial charge in [0, 0.05) is 6.54 Å². The first kappa shape index (κ1) is 15.3. The molecule has 0 aliphatic heterocycles. The van der Waals surface area contributed by atoms with Gasteiger partial charge in [-0.2, -0.15) is 0 Å². The number of benzene rings is 2. The zero-order chi connectivity index (χ0) is 17.2. The van der Waals surface area contributed by atoms with Crippen molar-refractivity contribution in [3.05, 3.63) is 48.0 Å². The lowest BCUT2D eigenvalue weighted by molar-refractivity contribution is -0.117. The van der Waals surface area contributed by atoms with Gasteiger partial charge in [-0.15, -0.1) is 0 Å². The minimum atomic E-state index is -0.134. The van der Waals surface area contributed by atoms with Crippen molar-refractivity contribution in [2.24, 2.45) is 0 Å². The number of hydrogen-bond acceptors (Lipinski definition) is 6. The normalized spacial score (nSPS) is 11.4. The first-order valence-corrected chi connectivity index (χ1v) is 7.82. The zero-order valence-corrected chi connectivity index (χ0v) is 13.6. The molecule has 2 N–H and O–H groups in total. The molecule has 0 fully saturated rings. The van der Waals surface area contributed by atoms with Gasteiger partial charge in [0.05, 0.1) is 17.6 Å². The molecule has 4 aromatic rings. The molecule has 0 unspecified atom stereocenters. The highest BCUT2D eigenvalue weighted by molar-refractivity contribution is 5.92. The van der Waals surface area contributed by atoms with Crippen LogP contribution in [0, 0.1) is 0 Å². The smallest absolute Gasteiger partial charge is 0.240 e. The number of anilines is 1. The fraction of sp³-hybridized carbons (Fsp3) is 0.176. The summed E-state index contributed by atoms with van der Waals surface area (Å²) >= 11 is 0. The van der Waals surface area contributed by atoms with E-state index in [0.717, 1.165) is 16.6 Å². The topological polar surface area (TPSA) is 99.9 Å². The molecule has 0 aliphatic carbocycles. The second-order valence-corrected chi connectivity index (χ2v) is 5.91. The monoisotopic (exact) mass is 336 g/mol. The van der Waals surface area contributed by atoms with Crippen LogP contribution in [0.15, 0.2) is 47.1 Å². The molecule has 1 amide bonds. The van der Waals surface area contributed by atoms with E-state index in [1.165, 1.54) is 0 Å². The van der Waals surface area contributed by atoms with Gasteiger partial charge in [-0.05, 0) is 47.2 Å². The number of nitrogens with one attached hydrogen (secondary N) is 2. The maximum absolute atomic E-state index is 12.2. The first-order valence-electron chi connectivity index (χ1n) is 7.82. The highest BCUT2D eigenvalue weighted by Gasteiger charge is 2.11. The highest BCUT2D eigenvalue weighted by atomic mass is 16.6. The summed E-state index contributed by atoms with van der Waals surface area (Å²) in [6.45, 7) is 0.850. The molecule has 2 heterocycles. The SMILES string of the molecule is CN(CC(=O)Nc1nc2ccccc2[nH]1)Cc1ccc2nonc2c1. The summed E-state index contributed by atoms with van der Waals surface area (Å²) in [6.07, 6.45) is 0. The van der Waals surface area contributed by atoms with E-state index in [1.807, 2.05) is 54.4 Å². The van der Waals surface area contributed by atoms with Crippen LogP contribution in [-0.4, -0.2) is 44.7 Å². The molecule has 4 rings (SSSR count). The molecule has 126 valence electrons. The molecular weight excluding hydrogens is 320 g/mol. The van der Waals surface area contributed by atoms with Crippen LogP contribution in [0.4, 0.5) is 5.95 Å². The number of likely N-dealkylation sites (N-methyl/N-ethyl adjacent to an activating group) is 1. The van der Waals surface area contributed by atoms with Gasteiger partial charge in [-0.1, -0.05) is 18.2 Å². The minimum absolute atomic E-state index is 0.134. The second-order valence-electron chi connectivity index (χ2n) is 5.91. The van der Waals surface area contributed by atoms with Gasteiger partial charge in [0.15, 0.2) is 0 Å². The van der Waals surface area contributed by atoms with Gasteiger partial charge in [-0.3, -0.25) is 15.0 Å². The number of imidazole rings is 1. The summed E-state index contributed by atoms with van der Waals surface area (Å²) in [5, 5.41) is 10.4. The molecule has 8 heteroatoms. The molecule has 25 heavy (non-hydrogen) atoms. The average Bonchev–Trinajstić information content (AvgIpc) is 3.19. The Morgan fingerprint density at radius 2 is 2.00 bits per heavy atom. The van der Waals surface area contributed by atoms with Crippen LogP contribution in [0.1, 0.15) is 5.56 Å². The Labute approximate surface area is 142 Å². The second kappa shape index (κ2) is 6.33. The van der Waals surface area contributed by atoms with E-state index in [1.54, 1.807) is 0 Å². The van der Waals surface area contributed by atoms with Crippen LogP contribution in [0.25, 0.3) is 22.1 Å². The zero-order valence-electron chi connectivity index (χ0n) is 13.6. The number of carbonyl (C=O) groups excluding carboxylic acids is 1. The number of aromatic amines is 1. The van der Waals surface area contributed by atoms with Crippen molar-refractivity contribution in [1.82, 2.24) is 25.2 Å². The Bertz CT molecular complexity index is 1000. The molecule has 8 nitrogen and oxygen atoms in total. The van der Waals surface area contributed by atoms with Crippen molar-refractivity contribution >= 4 is 33.9 Å². The van der Waals surface area contributed by atoms with Gasteiger partial charge in [-0.25, -0.2) is 9.61 Å². The average molecular weight is 336 g/mol. The number of fused-ring (bicyclic) bond motifs is 2. The number of rotatable bonds is 5. The standard InChI is InChI=1S/C17H16N6O2/c1-23(9-11-6-7-14-15(8-11)22-25-21-14)10-16(24)20-17-18-12-4-2-3-5-13(12)19-17/h2-8H,9-10H2,1H3,(H2,18,19,20,24). The largest absolute Gasteiger partial charge is 0.324 e. The molecule has 0 bridgehead atoms. The summed E-state index contributed by atoms with van der Waals surface area (Å²) < 4.78 is 4.69. The minimum Gasteiger partial charge on any atom is -0.324 e. The fourth-order valence-electron chi connectivity index (χ4n) is 2.72. The number of aromatic nitrogens is 4. The highest BCUT2D eigenvalue weighted by Crippen LogP contribution is 2.14. The van der Waals surface area contributed by atoms with Gasteiger partial charge in [0.1, 0.15) is 11.0 Å². The molecule has 0 saturated carbocycles. The molecule has 0 aliphatic rings. The van der Waals surface area contributed by atoms with Crippen LogP contribution in [0.5, 0.6) is 0 Å². The Morgan fingerprint density at radius 3 is 2.88 bits per heavy atom. The molecule has 2 aromatic carbocycles. The van der Waals surface area contributed by atoms with E-state index in [0.29, 0.717) is 23.5 Å². The van der Waals surface area contributed by atoms with Gasteiger partial charge < -0.3 is 4.98 Å². The van der Waals surface area contributed by atoms with Crippen LogP contribution in [0.3, 0.4) is 0 Å². The van der Waals surface area contributed by atoms with Crippen molar-refractivity contribution < 1.29 is 9.42 Å². The Kier molecular flexibility index (Phi) is 3.87. The van der Waals surface area contributed by atoms with E-state index >= 15 is 0 Å². The van der Waals surface area contributed by atoms with E-state index in [4.69, 9.17) is 4.63 Å². The number of H-pyrrole nitrogens is 1. The summed E-state index contributed by atoms with van der Waals surface area (Å²) in [5.74, 6) is 0.320. The number of carbonyl (C=O) groups is 1. The van der Waals surface area contributed by atoms with E-state index < -0.39 is 0 Å². The van der Waals surface area contributed by atoms with Crippen molar-refractivity contribution in [2.75, 3.05) is 18.9 Å². The summed E-state index contributed by atoms with van der Waals surface area (Å²) in [7, 11) is 1.88. The predicted octanol–water partition coefficient (Wildman–Crippen LogP) is 2.17. The Hall–Kier alpha value is -3.26. The molecule has 2 aromatic heterocycles. The summed E-state index contributed by atoms with van der Waals surface area (Å²) in [6, 6.07) is 13.3. The molecule has 0 saturated heterocycles. The quantitative estimate of drug-likeness (QED) is 0.579. The maximum Gasteiger partial charge on any atom is 0.240 e. The third-order valence-electron chi connectivity index (χ3n) is 3.83. The van der Waals surface area contributed by atoms with Gasteiger partial charge in [0.25, 0.3) is 0 Å². The lowest BCUT2D eigenvalue weighted by Crippen LogP contribution is -2.30. The van der Waals surface area contributed by atoms with E-state index in [2.05, 4.69) is 25.6 Å². The fourth-order valence-corrected chi connectivity index (χ4v) is 2.72. The number of para-hydroxylation sites is 2. The number of hydrogen-bond donors (Lipinski definition) is 2. The van der Waals surface area contributed by atoms with E-state index in [9.17, 15) is 4.79 Å². The van der Waals surface area contributed by atoms with Crippen LogP contribution in [-0.2, 0) is 11.3 Å². The van der Waals surface area contributed by atoms with Crippen molar-refractivity contribution in [3.63, 3.8) is 0 Å². The number of amides is 1. The van der Waals surface area contributed by atoms with Gasteiger partial charge in [0.2, 0.25) is 11.9 Å². The van der Waals surface area contributed by atoms with Crippen molar-refractivity contribution in [1.29, 1.82) is 0 Å². The Morgan fingerprint density at radius 1 is 1.16 bits per heavy atom. The van der Waals surface area contributed by atoms with Gasteiger partial charge >= 0.3 is 0 Å². The van der Waals surface area contributed by atoms with Crippen LogP contribution < -0.4 is 5.32 Å². The summed E-state index contributed by atoms with van der Waals surface area (Å²) in [4.78, 5) is 21.5. The lowest BCUT2D eigenvalue weighted by atomic mass is 10.2. The van der Waals surface area contributed by atoms with Crippen LogP contribution >= 0.6 is 0 Å². The number of nitrogens with zero attached hydrogens (tertiary/aromatic N) is 4. The van der Waals surface area contributed by atoms with Crippen molar-refractivity contribution in [2.45, 2.75) is 6.54 Å². The van der Waals surface area contributed by atoms with E-state index in [-0.39, 0.29) is 12.5 Å². The third-order valence-corrected chi connectivity index (χ3v) is 3.83. The third kappa shape index (κ3) is 3.33. The summed E-state index contributed by atoms with van der Waals surface area (Å²) in [5.41, 5.74) is 4.16. The maximum atomic E-state index is 12.2. The Balaban J connectivity index is 1.37. The molecule has 0 spiro atoms. The predicted molar refractivity (Wildman–Crippen MR) is 92.9 cm³/mol. The molecule has 0 atom stereocenters. The molecule has 0 radical (unpaired) electrons. The first-order chi connectivity index (χ1) is 12.2. The van der Waals surface area contributed by atoms with Crippen LogP contribution in [0.2, 0.25) is 0 Å².